The zero-order chi connectivity index (χ0) is 15.4. The Hall–Kier alpha value is -1.72. The van der Waals surface area contributed by atoms with E-state index in [1.165, 1.54) is 9.58 Å². The zero-order valence-corrected chi connectivity index (χ0v) is 14.0. The van der Waals surface area contributed by atoms with E-state index in [9.17, 15) is 4.79 Å². The molecule has 2 heterocycles. The van der Waals surface area contributed by atoms with Gasteiger partial charge < -0.3 is 5.32 Å². The van der Waals surface area contributed by atoms with Crippen LogP contribution in [-0.4, -0.2) is 10.9 Å². The van der Waals surface area contributed by atoms with E-state index in [1.54, 1.807) is 22.7 Å². The molecule has 0 aliphatic rings. The van der Waals surface area contributed by atoms with Gasteiger partial charge in [0, 0.05) is 11.3 Å². The maximum atomic E-state index is 12.0. The minimum Gasteiger partial charge on any atom is -0.349 e. The number of carbonyl (C=O) groups is 1. The van der Waals surface area contributed by atoms with Crippen LogP contribution in [0.4, 0.5) is 0 Å². The highest BCUT2D eigenvalue weighted by molar-refractivity contribution is 7.18. The molecule has 0 bridgehead atoms. The highest BCUT2D eigenvalue weighted by Gasteiger charge is 2.10. The summed E-state index contributed by atoms with van der Waals surface area (Å²) in [6.07, 6.45) is 2.24. The minimum absolute atomic E-state index is 0.0925. The number of hydrogen-bond acceptors (Lipinski definition) is 4. The van der Waals surface area contributed by atoms with Crippen LogP contribution < -0.4 is 5.32 Å². The first-order valence-corrected chi connectivity index (χ1v) is 9.09. The number of aromatic nitrogens is 1. The lowest BCUT2D eigenvalue weighted by molar-refractivity contribution is -0.121. The number of benzene rings is 1. The van der Waals surface area contributed by atoms with Gasteiger partial charge in [-0.3, -0.25) is 4.79 Å². The predicted octanol–water partition coefficient (Wildman–Crippen LogP) is 4.56. The summed E-state index contributed by atoms with van der Waals surface area (Å²) in [4.78, 5) is 17.8. The first-order chi connectivity index (χ1) is 10.7. The Bertz CT molecular complexity index is 716. The number of thiophene rings is 1. The van der Waals surface area contributed by atoms with Crippen molar-refractivity contribution in [3.63, 3.8) is 0 Å². The van der Waals surface area contributed by atoms with Crippen molar-refractivity contribution in [1.29, 1.82) is 0 Å². The lowest BCUT2D eigenvalue weighted by Crippen LogP contribution is -2.25. The molecule has 0 aliphatic carbocycles. The van der Waals surface area contributed by atoms with Crippen LogP contribution in [0, 0.1) is 0 Å². The number of para-hydroxylation sites is 1. The molecule has 22 heavy (non-hydrogen) atoms. The molecule has 1 atom stereocenters. The highest BCUT2D eigenvalue weighted by atomic mass is 32.1. The van der Waals surface area contributed by atoms with E-state index in [0.717, 1.165) is 23.4 Å². The smallest absolute Gasteiger partial charge is 0.220 e. The van der Waals surface area contributed by atoms with E-state index < -0.39 is 0 Å². The molecule has 5 heteroatoms. The average molecular weight is 330 g/mol. The lowest BCUT2D eigenvalue weighted by Gasteiger charge is -2.11. The van der Waals surface area contributed by atoms with Crippen LogP contribution in [0.3, 0.4) is 0 Å². The number of nitrogens with zero attached hydrogens (tertiary/aromatic N) is 1. The van der Waals surface area contributed by atoms with Gasteiger partial charge in [-0.05, 0) is 43.3 Å². The molecule has 0 radical (unpaired) electrons. The van der Waals surface area contributed by atoms with E-state index in [2.05, 4.69) is 22.4 Å². The SMILES string of the molecule is C[C@@H](NC(=O)CCCc1nc2ccccc2s1)c1cccs1. The van der Waals surface area contributed by atoms with Gasteiger partial charge in [0.1, 0.15) is 0 Å². The summed E-state index contributed by atoms with van der Waals surface area (Å²) in [7, 11) is 0. The highest BCUT2D eigenvalue weighted by Crippen LogP contribution is 2.23. The van der Waals surface area contributed by atoms with Gasteiger partial charge in [-0.25, -0.2) is 4.98 Å². The van der Waals surface area contributed by atoms with Gasteiger partial charge in [-0.15, -0.1) is 22.7 Å². The van der Waals surface area contributed by atoms with Crippen LogP contribution in [0.25, 0.3) is 10.2 Å². The number of amides is 1. The molecule has 1 aromatic carbocycles. The second-order valence-corrected chi connectivity index (χ2v) is 7.33. The van der Waals surface area contributed by atoms with Gasteiger partial charge >= 0.3 is 0 Å². The molecule has 1 amide bonds. The molecule has 3 aromatic rings. The molecule has 0 saturated heterocycles. The van der Waals surface area contributed by atoms with Gasteiger partial charge in [0.25, 0.3) is 0 Å². The first kappa shape index (κ1) is 15.2. The van der Waals surface area contributed by atoms with Gasteiger partial charge in [-0.2, -0.15) is 0 Å². The average Bonchev–Trinajstić information content (AvgIpc) is 3.16. The summed E-state index contributed by atoms with van der Waals surface area (Å²) in [5, 5.41) is 6.19. The van der Waals surface area contributed by atoms with Crippen molar-refractivity contribution in [1.82, 2.24) is 10.3 Å². The van der Waals surface area contributed by atoms with Gasteiger partial charge in [0.05, 0.1) is 21.3 Å². The molecule has 3 rings (SSSR count). The zero-order valence-electron chi connectivity index (χ0n) is 12.4. The molecule has 1 N–H and O–H groups in total. The van der Waals surface area contributed by atoms with E-state index in [1.807, 2.05) is 36.6 Å². The fourth-order valence-corrected chi connectivity index (χ4v) is 4.09. The summed E-state index contributed by atoms with van der Waals surface area (Å²) in [6.45, 7) is 2.03. The number of hydrogen-bond donors (Lipinski definition) is 1. The van der Waals surface area contributed by atoms with Crippen molar-refractivity contribution >= 4 is 38.8 Å². The van der Waals surface area contributed by atoms with Crippen molar-refractivity contribution in [3.05, 3.63) is 51.7 Å². The molecule has 0 spiro atoms. The number of aryl methyl sites for hydroxylation is 1. The summed E-state index contributed by atoms with van der Waals surface area (Å²) in [5.74, 6) is 0.113. The van der Waals surface area contributed by atoms with Gasteiger partial charge in [0.2, 0.25) is 5.91 Å². The molecular formula is C17H18N2OS2. The van der Waals surface area contributed by atoms with E-state index in [-0.39, 0.29) is 11.9 Å². The lowest BCUT2D eigenvalue weighted by atomic mass is 10.2. The van der Waals surface area contributed by atoms with Crippen molar-refractivity contribution < 1.29 is 4.79 Å². The first-order valence-electron chi connectivity index (χ1n) is 7.39. The topological polar surface area (TPSA) is 42.0 Å². The normalized spacial score (nSPS) is 12.4. The van der Waals surface area contributed by atoms with Crippen LogP contribution in [-0.2, 0) is 11.2 Å². The maximum absolute atomic E-state index is 12.0. The number of carbonyl (C=O) groups excluding carboxylic acids is 1. The fourth-order valence-electron chi connectivity index (χ4n) is 2.35. The Morgan fingerprint density at radius 2 is 2.14 bits per heavy atom. The minimum atomic E-state index is 0.0925. The van der Waals surface area contributed by atoms with Crippen molar-refractivity contribution in [2.45, 2.75) is 32.2 Å². The quantitative estimate of drug-likeness (QED) is 0.720. The third-order valence-corrected chi connectivity index (χ3v) is 5.63. The second kappa shape index (κ2) is 7.03. The monoisotopic (exact) mass is 330 g/mol. The summed E-state index contributed by atoms with van der Waals surface area (Å²) < 4.78 is 1.22. The van der Waals surface area contributed by atoms with Crippen LogP contribution in [0.5, 0.6) is 0 Å². The standard InChI is InChI=1S/C17H18N2OS2/c1-12(14-8-5-11-21-14)18-16(20)9-4-10-17-19-13-6-2-3-7-15(13)22-17/h2-3,5-8,11-12H,4,9-10H2,1H3,(H,18,20)/t12-/m1/s1. The van der Waals surface area contributed by atoms with Gasteiger partial charge in [-0.1, -0.05) is 18.2 Å². The predicted molar refractivity (Wildman–Crippen MR) is 93.4 cm³/mol. The number of fused-ring (bicyclic) bond motifs is 1. The molecule has 2 aromatic heterocycles. The molecule has 0 aliphatic heterocycles. The Morgan fingerprint density at radius 3 is 2.91 bits per heavy atom. The number of thiazole rings is 1. The van der Waals surface area contributed by atoms with Crippen molar-refractivity contribution in [3.8, 4) is 0 Å². The van der Waals surface area contributed by atoms with Gasteiger partial charge in [0.15, 0.2) is 0 Å². The van der Waals surface area contributed by atoms with E-state index in [4.69, 9.17) is 0 Å². The van der Waals surface area contributed by atoms with Crippen molar-refractivity contribution in [2.75, 3.05) is 0 Å². The Kier molecular flexibility index (Phi) is 4.85. The summed E-state index contributed by atoms with van der Waals surface area (Å²) >= 11 is 3.39. The van der Waals surface area contributed by atoms with E-state index >= 15 is 0 Å². The maximum Gasteiger partial charge on any atom is 0.220 e. The molecule has 0 fully saturated rings. The second-order valence-electron chi connectivity index (χ2n) is 5.23. The molecular weight excluding hydrogens is 312 g/mol. The third-order valence-electron chi connectivity index (χ3n) is 3.48. The summed E-state index contributed by atoms with van der Waals surface area (Å²) in [6, 6.07) is 12.3. The Morgan fingerprint density at radius 1 is 1.27 bits per heavy atom. The molecule has 3 nitrogen and oxygen atoms in total. The van der Waals surface area contributed by atoms with Crippen molar-refractivity contribution in [2.24, 2.45) is 0 Å². The van der Waals surface area contributed by atoms with E-state index in [0.29, 0.717) is 6.42 Å². The van der Waals surface area contributed by atoms with Crippen LogP contribution in [0.2, 0.25) is 0 Å². The Labute approximate surface area is 138 Å². The number of rotatable bonds is 6. The van der Waals surface area contributed by atoms with Crippen LogP contribution in [0.1, 0.15) is 35.7 Å². The summed E-state index contributed by atoms with van der Waals surface area (Å²) in [5.41, 5.74) is 1.05. The molecule has 0 unspecified atom stereocenters. The molecule has 114 valence electrons. The Balaban J connectivity index is 1.47. The molecule has 0 saturated carbocycles. The number of nitrogens with one attached hydrogen (secondary N) is 1. The third kappa shape index (κ3) is 3.72. The largest absolute Gasteiger partial charge is 0.349 e. The van der Waals surface area contributed by atoms with Crippen LogP contribution >= 0.6 is 22.7 Å². The van der Waals surface area contributed by atoms with Crippen LogP contribution in [0.15, 0.2) is 41.8 Å². The fraction of sp³-hybridized carbons (Fsp3) is 0.294.